The maximum atomic E-state index is 2.55. The van der Waals surface area contributed by atoms with Crippen LogP contribution in [0, 0.1) is 0 Å². The first-order chi connectivity index (χ1) is 9.48. The molecule has 0 atom stereocenters. The molecule has 0 spiro atoms. The predicted molar refractivity (Wildman–Crippen MR) is 96.0 cm³/mol. The molecule has 0 aromatic carbocycles. The second kappa shape index (κ2) is 5.56. The maximum absolute atomic E-state index is 2.55. The van der Waals surface area contributed by atoms with Gasteiger partial charge in [0, 0.05) is 0 Å². The van der Waals surface area contributed by atoms with Crippen LogP contribution in [0.1, 0.15) is 69.2 Å². The Morgan fingerprint density at radius 2 is 0.667 bits per heavy atom. The molecule has 2 rings (SSSR count). The molecule has 0 N–H and O–H groups in total. The number of allylic oxidation sites excluding steroid dienone is 8. The fraction of sp³-hybridized carbons (Fsp3) is 0.600. The standard InChI is InChI=1S/2C10H15.Ba/c2*1-6-7(2)9(4)10(5)8(6)3;/h2*1-5H3;. The quantitative estimate of drug-likeness (QED) is 0.463. The molecule has 0 nitrogen and oxygen atoms in total. The normalized spacial score (nSPS) is 24.5. The summed E-state index contributed by atoms with van der Waals surface area (Å²) in [5, 5.41) is 0. The second-order valence-corrected chi connectivity index (χ2v) is 17.8. The molecule has 2 aliphatic rings. The Hall–Kier alpha value is 0.531. The van der Waals surface area contributed by atoms with Gasteiger partial charge in [-0.05, 0) is 0 Å². The molecule has 112 valence electrons. The fourth-order valence-electron chi connectivity index (χ4n) is 4.58. The van der Waals surface area contributed by atoms with E-state index in [2.05, 4.69) is 69.2 Å². The average molecular weight is 408 g/mol. The van der Waals surface area contributed by atoms with Crippen molar-refractivity contribution in [3.8, 4) is 0 Å². The van der Waals surface area contributed by atoms with Crippen molar-refractivity contribution in [1.82, 2.24) is 0 Å². The van der Waals surface area contributed by atoms with Crippen LogP contribution in [0.4, 0.5) is 0 Å². The SMILES string of the molecule is CC1=C(C)[C](C)([Ba][C]2(C)C(C)=C(C)C(C)=C2C)C(C)=C1C. The van der Waals surface area contributed by atoms with Crippen LogP contribution in [0.3, 0.4) is 0 Å². The van der Waals surface area contributed by atoms with E-state index in [9.17, 15) is 0 Å². The zero-order valence-corrected chi connectivity index (χ0v) is 20.1. The molecule has 0 saturated heterocycles. The fourth-order valence-corrected chi connectivity index (χ4v) is 15.7. The Morgan fingerprint density at radius 1 is 0.476 bits per heavy atom. The topological polar surface area (TPSA) is 0 Å². The summed E-state index contributed by atoms with van der Waals surface area (Å²) in [5.41, 5.74) is 12.9. The molecule has 0 bridgehead atoms. The first-order valence-electron chi connectivity index (χ1n) is 8.21. The van der Waals surface area contributed by atoms with Gasteiger partial charge in [0.05, 0.1) is 0 Å². The van der Waals surface area contributed by atoms with Gasteiger partial charge in [0.15, 0.2) is 0 Å². The molecule has 0 aliphatic heterocycles. The molecule has 0 aromatic heterocycles. The summed E-state index contributed by atoms with van der Waals surface area (Å²) in [6.07, 6.45) is 0. The molecule has 0 heterocycles. The van der Waals surface area contributed by atoms with Crippen LogP contribution >= 0.6 is 0 Å². The summed E-state index contributed by atoms with van der Waals surface area (Å²) in [4.78, 5) is 0. The van der Waals surface area contributed by atoms with Crippen LogP contribution in [-0.4, -0.2) is 44.2 Å². The second-order valence-electron chi connectivity index (χ2n) is 7.84. The van der Waals surface area contributed by atoms with Gasteiger partial charge in [0.2, 0.25) is 0 Å². The molecule has 0 aromatic rings. The molecule has 0 fully saturated rings. The van der Waals surface area contributed by atoms with Crippen LogP contribution in [0.25, 0.3) is 0 Å². The van der Waals surface area contributed by atoms with Crippen LogP contribution in [-0.2, 0) is 0 Å². The predicted octanol–water partition coefficient (Wildman–Crippen LogP) is 6.42. The van der Waals surface area contributed by atoms with Gasteiger partial charge in [-0.25, -0.2) is 0 Å². The van der Waals surface area contributed by atoms with E-state index in [1.54, 1.807) is 44.6 Å². The third-order valence-electron chi connectivity index (χ3n) is 7.39. The third kappa shape index (κ3) is 2.37. The van der Waals surface area contributed by atoms with Crippen molar-refractivity contribution in [3.05, 3.63) is 44.6 Å². The molecule has 0 radical (unpaired) electrons. The Bertz CT molecular complexity index is 531. The van der Waals surface area contributed by atoms with Crippen molar-refractivity contribution >= 4 is 44.2 Å². The summed E-state index contributed by atoms with van der Waals surface area (Å²) < 4.78 is 0.854. The summed E-state index contributed by atoms with van der Waals surface area (Å²) in [5.74, 6) is 0. The van der Waals surface area contributed by atoms with Crippen molar-refractivity contribution in [2.75, 3.05) is 0 Å². The minimum atomic E-state index is -1.32. The molecule has 0 unspecified atom stereocenters. The van der Waals surface area contributed by atoms with E-state index in [0.29, 0.717) is -0.234 Å². The van der Waals surface area contributed by atoms with Crippen LogP contribution in [0.5, 0.6) is 0 Å². The third-order valence-corrected chi connectivity index (χ3v) is 18.5. The van der Waals surface area contributed by atoms with Crippen molar-refractivity contribution < 1.29 is 0 Å². The zero-order valence-electron chi connectivity index (χ0n) is 15.7. The van der Waals surface area contributed by atoms with E-state index < -0.39 is 44.2 Å². The van der Waals surface area contributed by atoms with E-state index >= 15 is 0 Å². The van der Waals surface area contributed by atoms with Crippen molar-refractivity contribution in [3.63, 3.8) is 0 Å². The van der Waals surface area contributed by atoms with E-state index in [0.717, 1.165) is 0 Å². The number of hydrogen-bond donors (Lipinski definition) is 0. The monoisotopic (exact) mass is 408 g/mol. The molecular weight excluding hydrogens is 378 g/mol. The summed E-state index contributed by atoms with van der Waals surface area (Å²) in [6.45, 7) is 24.0. The summed E-state index contributed by atoms with van der Waals surface area (Å²) in [7, 11) is 0. The Kier molecular flexibility index (Phi) is 4.73. The van der Waals surface area contributed by atoms with Crippen LogP contribution in [0.2, 0.25) is -0.234 Å². The summed E-state index contributed by atoms with van der Waals surface area (Å²) >= 11 is -1.32. The van der Waals surface area contributed by atoms with Crippen LogP contribution < -0.4 is 0 Å². The first kappa shape index (κ1) is 17.9. The molecule has 2 aliphatic carbocycles. The molecular formula is C20H30Ba. The Labute approximate surface area is 156 Å². The first-order valence-corrected chi connectivity index (χ1v) is 12.6. The Balaban J connectivity index is 2.54. The molecule has 0 amide bonds. The van der Waals surface area contributed by atoms with Gasteiger partial charge in [-0.15, -0.1) is 0 Å². The van der Waals surface area contributed by atoms with Gasteiger partial charge in [-0.3, -0.25) is 0 Å². The van der Waals surface area contributed by atoms with Gasteiger partial charge < -0.3 is 0 Å². The van der Waals surface area contributed by atoms with E-state index in [1.165, 1.54) is 0 Å². The molecule has 1 heteroatoms. The minimum absolute atomic E-state index is 0.427. The van der Waals surface area contributed by atoms with Crippen molar-refractivity contribution in [1.29, 1.82) is 0 Å². The van der Waals surface area contributed by atoms with Gasteiger partial charge >= 0.3 is 158 Å². The van der Waals surface area contributed by atoms with E-state index in [1.807, 2.05) is 0 Å². The van der Waals surface area contributed by atoms with Gasteiger partial charge in [0.25, 0.3) is 0 Å². The van der Waals surface area contributed by atoms with E-state index in [4.69, 9.17) is 0 Å². The Morgan fingerprint density at radius 3 is 0.857 bits per heavy atom. The van der Waals surface area contributed by atoms with Crippen molar-refractivity contribution in [2.24, 2.45) is 0 Å². The molecule has 0 saturated carbocycles. The molecule has 21 heavy (non-hydrogen) atoms. The van der Waals surface area contributed by atoms with Gasteiger partial charge in [-0.1, -0.05) is 0 Å². The van der Waals surface area contributed by atoms with Crippen molar-refractivity contribution in [2.45, 2.75) is 69.0 Å². The average Bonchev–Trinajstić information content (AvgIpc) is 2.67. The van der Waals surface area contributed by atoms with E-state index in [-0.39, 0.29) is 0 Å². The zero-order chi connectivity index (χ0) is 16.3. The summed E-state index contributed by atoms with van der Waals surface area (Å²) in [6, 6.07) is 0. The van der Waals surface area contributed by atoms with Gasteiger partial charge in [-0.2, -0.15) is 0 Å². The number of rotatable bonds is 2. The van der Waals surface area contributed by atoms with Crippen LogP contribution in [0.15, 0.2) is 44.6 Å². The van der Waals surface area contributed by atoms with Gasteiger partial charge in [0.1, 0.15) is 0 Å². The number of hydrogen-bond acceptors (Lipinski definition) is 0.